The van der Waals surface area contributed by atoms with Crippen LogP contribution in [0.25, 0.3) is 11.0 Å². The standard InChI is InChI=1S/C29H30ClN3O2/c1-2-24-28(34)32-25-13-8-20(18-26(25)31-24)19-27(21-9-11-23(30)12-10-21)33-16-14-29(35,15-17-33)22-6-4-3-5-7-22/h3-13,18,27,35H,2,14-17,19H2,1H3,(H,32,34). The third-order valence-electron chi connectivity index (χ3n) is 7.22. The number of piperidine rings is 1. The van der Waals surface area contributed by atoms with Gasteiger partial charge in [0.1, 0.15) is 5.69 Å². The fraction of sp³-hybridized carbons (Fsp3) is 0.310. The fourth-order valence-electron chi connectivity index (χ4n) is 5.14. The molecule has 5 rings (SSSR count). The zero-order chi connectivity index (χ0) is 24.4. The van der Waals surface area contributed by atoms with Gasteiger partial charge >= 0.3 is 0 Å². The number of nitrogens with zero attached hydrogens (tertiary/aromatic N) is 2. The molecular weight excluding hydrogens is 458 g/mol. The van der Waals surface area contributed by atoms with Crippen LogP contribution in [0, 0.1) is 0 Å². The van der Waals surface area contributed by atoms with Crippen LogP contribution < -0.4 is 5.56 Å². The minimum Gasteiger partial charge on any atom is -0.385 e. The lowest BCUT2D eigenvalue weighted by Crippen LogP contribution is -2.44. The first-order valence-corrected chi connectivity index (χ1v) is 12.6. The maximum Gasteiger partial charge on any atom is 0.270 e. The average molecular weight is 488 g/mol. The second-order valence-corrected chi connectivity index (χ2v) is 9.86. The molecule has 1 saturated heterocycles. The molecule has 1 aliphatic heterocycles. The zero-order valence-electron chi connectivity index (χ0n) is 19.9. The van der Waals surface area contributed by atoms with Crippen molar-refractivity contribution in [3.8, 4) is 0 Å². The van der Waals surface area contributed by atoms with Crippen LogP contribution in [0.15, 0.2) is 77.6 Å². The molecule has 3 aromatic carbocycles. The van der Waals surface area contributed by atoms with E-state index in [9.17, 15) is 9.90 Å². The summed E-state index contributed by atoms with van der Waals surface area (Å²) in [6, 6.07) is 24.3. The van der Waals surface area contributed by atoms with Gasteiger partial charge in [-0.1, -0.05) is 67.1 Å². The monoisotopic (exact) mass is 487 g/mol. The van der Waals surface area contributed by atoms with E-state index in [1.165, 1.54) is 5.56 Å². The summed E-state index contributed by atoms with van der Waals surface area (Å²) in [4.78, 5) is 22.2. The summed E-state index contributed by atoms with van der Waals surface area (Å²) in [7, 11) is 0. The van der Waals surface area contributed by atoms with Crippen molar-refractivity contribution in [2.24, 2.45) is 0 Å². The Hall–Kier alpha value is -2.99. The second-order valence-electron chi connectivity index (χ2n) is 9.42. The predicted molar refractivity (Wildman–Crippen MR) is 141 cm³/mol. The summed E-state index contributed by atoms with van der Waals surface area (Å²) in [6.45, 7) is 3.52. The lowest BCUT2D eigenvalue weighted by atomic mass is 9.83. The molecule has 1 atom stereocenters. The molecule has 180 valence electrons. The van der Waals surface area contributed by atoms with Gasteiger partial charge in [-0.25, -0.2) is 4.98 Å². The van der Waals surface area contributed by atoms with E-state index in [1.54, 1.807) is 0 Å². The molecule has 1 unspecified atom stereocenters. The van der Waals surface area contributed by atoms with E-state index in [2.05, 4.69) is 39.1 Å². The maximum atomic E-state index is 12.1. The molecule has 0 bridgehead atoms. The van der Waals surface area contributed by atoms with E-state index in [4.69, 9.17) is 11.6 Å². The number of halogens is 1. The molecule has 1 aromatic heterocycles. The fourth-order valence-corrected chi connectivity index (χ4v) is 5.27. The maximum absolute atomic E-state index is 12.1. The highest BCUT2D eigenvalue weighted by Gasteiger charge is 2.36. The lowest BCUT2D eigenvalue weighted by Gasteiger charge is -2.42. The van der Waals surface area contributed by atoms with E-state index < -0.39 is 5.60 Å². The average Bonchev–Trinajstić information content (AvgIpc) is 2.89. The molecule has 4 aromatic rings. The van der Waals surface area contributed by atoms with Crippen molar-refractivity contribution in [1.82, 2.24) is 14.9 Å². The molecule has 0 saturated carbocycles. The Bertz CT molecular complexity index is 1360. The molecule has 1 fully saturated rings. The number of aliphatic hydroxyl groups is 1. The highest BCUT2D eigenvalue weighted by Crippen LogP contribution is 2.37. The van der Waals surface area contributed by atoms with Crippen molar-refractivity contribution in [2.75, 3.05) is 13.1 Å². The van der Waals surface area contributed by atoms with Crippen LogP contribution in [0.3, 0.4) is 0 Å². The topological polar surface area (TPSA) is 69.2 Å². The number of aromatic nitrogens is 2. The Morgan fingerprint density at radius 3 is 2.46 bits per heavy atom. The summed E-state index contributed by atoms with van der Waals surface area (Å²) in [5.41, 5.74) is 4.55. The van der Waals surface area contributed by atoms with Crippen molar-refractivity contribution in [3.63, 3.8) is 0 Å². The molecule has 1 aliphatic rings. The number of H-pyrrole nitrogens is 1. The van der Waals surface area contributed by atoms with Gasteiger partial charge in [-0.2, -0.15) is 0 Å². The molecule has 0 spiro atoms. The first kappa shape index (κ1) is 23.7. The van der Waals surface area contributed by atoms with Crippen LogP contribution in [0.4, 0.5) is 0 Å². The normalized spacial score (nSPS) is 16.9. The van der Waals surface area contributed by atoms with Gasteiger partial charge in [-0.3, -0.25) is 9.69 Å². The molecule has 6 heteroatoms. The Labute approximate surface area is 210 Å². The van der Waals surface area contributed by atoms with E-state index in [1.807, 2.05) is 55.5 Å². The summed E-state index contributed by atoms with van der Waals surface area (Å²) >= 11 is 6.19. The highest BCUT2D eigenvalue weighted by molar-refractivity contribution is 6.30. The largest absolute Gasteiger partial charge is 0.385 e. The smallest absolute Gasteiger partial charge is 0.270 e. The van der Waals surface area contributed by atoms with Crippen molar-refractivity contribution in [3.05, 3.63) is 111 Å². The summed E-state index contributed by atoms with van der Waals surface area (Å²) in [6.07, 6.45) is 2.76. The Kier molecular flexibility index (Phi) is 6.74. The van der Waals surface area contributed by atoms with Crippen molar-refractivity contribution in [2.45, 2.75) is 44.2 Å². The van der Waals surface area contributed by atoms with Crippen LogP contribution >= 0.6 is 11.6 Å². The van der Waals surface area contributed by atoms with Crippen LogP contribution in [-0.4, -0.2) is 33.1 Å². The van der Waals surface area contributed by atoms with Gasteiger partial charge in [0.15, 0.2) is 0 Å². The predicted octanol–water partition coefficient (Wildman–Crippen LogP) is 5.41. The quantitative estimate of drug-likeness (QED) is 0.381. The van der Waals surface area contributed by atoms with Gasteiger partial charge in [0.2, 0.25) is 0 Å². The van der Waals surface area contributed by atoms with Crippen molar-refractivity contribution in [1.29, 1.82) is 0 Å². The van der Waals surface area contributed by atoms with E-state index in [0.29, 0.717) is 25.0 Å². The van der Waals surface area contributed by atoms with Crippen molar-refractivity contribution < 1.29 is 5.11 Å². The number of likely N-dealkylation sites (tertiary alicyclic amines) is 1. The van der Waals surface area contributed by atoms with Gasteiger partial charge in [0.25, 0.3) is 5.56 Å². The minimum absolute atomic E-state index is 0.119. The summed E-state index contributed by atoms with van der Waals surface area (Å²) < 4.78 is 0. The Balaban J connectivity index is 1.43. The van der Waals surface area contributed by atoms with Crippen LogP contribution in [0.2, 0.25) is 5.02 Å². The highest BCUT2D eigenvalue weighted by atomic mass is 35.5. The lowest BCUT2D eigenvalue weighted by molar-refractivity contribution is -0.0361. The Morgan fingerprint density at radius 2 is 1.77 bits per heavy atom. The first-order valence-electron chi connectivity index (χ1n) is 12.2. The number of aromatic amines is 1. The molecule has 35 heavy (non-hydrogen) atoms. The van der Waals surface area contributed by atoms with Crippen LogP contribution in [0.5, 0.6) is 0 Å². The van der Waals surface area contributed by atoms with Gasteiger partial charge in [0, 0.05) is 24.2 Å². The summed E-state index contributed by atoms with van der Waals surface area (Å²) in [5.74, 6) is 0. The van der Waals surface area contributed by atoms with E-state index >= 15 is 0 Å². The minimum atomic E-state index is -0.794. The molecule has 0 amide bonds. The van der Waals surface area contributed by atoms with Gasteiger partial charge in [-0.05, 0) is 66.6 Å². The van der Waals surface area contributed by atoms with E-state index in [-0.39, 0.29) is 11.6 Å². The number of nitrogens with one attached hydrogen (secondary N) is 1. The van der Waals surface area contributed by atoms with Gasteiger partial charge < -0.3 is 10.1 Å². The number of aryl methyl sites for hydroxylation is 1. The number of rotatable bonds is 6. The number of hydrogen-bond acceptors (Lipinski definition) is 4. The molecule has 5 nitrogen and oxygen atoms in total. The third kappa shape index (κ3) is 5.03. The zero-order valence-corrected chi connectivity index (χ0v) is 20.6. The number of hydrogen-bond donors (Lipinski definition) is 2. The number of fused-ring (bicyclic) bond motifs is 1. The van der Waals surface area contributed by atoms with Crippen LogP contribution in [-0.2, 0) is 18.4 Å². The molecule has 2 N–H and O–H groups in total. The number of benzene rings is 3. The third-order valence-corrected chi connectivity index (χ3v) is 7.48. The molecule has 2 heterocycles. The molecular formula is C29H30ClN3O2. The first-order chi connectivity index (χ1) is 16.9. The van der Waals surface area contributed by atoms with Gasteiger partial charge in [0.05, 0.1) is 16.6 Å². The molecule has 0 aliphatic carbocycles. The van der Waals surface area contributed by atoms with Gasteiger partial charge in [-0.15, -0.1) is 0 Å². The van der Waals surface area contributed by atoms with Crippen molar-refractivity contribution >= 4 is 22.6 Å². The second kappa shape index (κ2) is 9.94. The van der Waals surface area contributed by atoms with E-state index in [0.717, 1.165) is 46.7 Å². The van der Waals surface area contributed by atoms with Crippen LogP contribution in [0.1, 0.15) is 48.2 Å². The SMILES string of the molecule is CCc1nc2cc(CC(c3ccc(Cl)cc3)N3CCC(O)(c4ccccc4)CC3)ccc2[nH]c1=O. The molecule has 0 radical (unpaired) electrons. The summed E-state index contributed by atoms with van der Waals surface area (Å²) in [5, 5.41) is 12.1. The Morgan fingerprint density at radius 1 is 1.06 bits per heavy atom.